The Morgan fingerprint density at radius 1 is 0.523 bits per heavy atom. The molecule has 0 radical (unpaired) electrons. The Labute approximate surface area is 260 Å². The summed E-state index contributed by atoms with van der Waals surface area (Å²) in [7, 11) is -0.676. The van der Waals surface area contributed by atoms with Gasteiger partial charge in [-0.15, -0.1) is 0 Å². The molecular formula is C36H40B2N2O4+2. The molecule has 2 fully saturated rings. The van der Waals surface area contributed by atoms with Crippen LogP contribution in [0.25, 0.3) is 21.5 Å². The van der Waals surface area contributed by atoms with Crippen LogP contribution < -0.4 is 20.1 Å². The Kier molecular flexibility index (Phi) is 7.79. The van der Waals surface area contributed by atoms with Crippen molar-refractivity contribution in [1.82, 2.24) is 0 Å². The van der Waals surface area contributed by atoms with Gasteiger partial charge in [-0.2, -0.15) is 0 Å². The number of benzene rings is 3. The number of nitrogens with zero attached hydrogens (tertiary/aromatic N) is 2. The van der Waals surface area contributed by atoms with Crippen molar-refractivity contribution in [3.05, 3.63) is 109 Å². The Morgan fingerprint density at radius 3 is 1.20 bits per heavy atom. The van der Waals surface area contributed by atoms with E-state index < -0.39 is 0 Å². The molecule has 0 bridgehead atoms. The van der Waals surface area contributed by atoms with Crippen molar-refractivity contribution in [2.75, 3.05) is 26.4 Å². The SMILES string of the molecule is CC1(C)COB(c2ccc[n+](Cc3c4ccccc4c(C[n+]4cccc(B5OCC(C)(C)CO5)c4)c4ccccc34)c2)OC1. The summed E-state index contributed by atoms with van der Waals surface area (Å²) in [5.74, 6) is 0. The third-order valence-electron chi connectivity index (χ3n) is 8.64. The highest BCUT2D eigenvalue weighted by Gasteiger charge is 2.36. The number of pyridine rings is 2. The smallest absolute Gasteiger partial charge is 0.406 e. The molecule has 44 heavy (non-hydrogen) atoms. The molecule has 0 atom stereocenters. The van der Waals surface area contributed by atoms with E-state index in [9.17, 15) is 0 Å². The quantitative estimate of drug-likeness (QED) is 0.170. The average Bonchev–Trinajstić information content (AvgIpc) is 3.03. The molecule has 0 amide bonds. The third-order valence-corrected chi connectivity index (χ3v) is 8.64. The number of hydrogen-bond acceptors (Lipinski definition) is 4. The average molecular weight is 586 g/mol. The largest absolute Gasteiger partial charge is 0.500 e. The van der Waals surface area contributed by atoms with Crippen molar-refractivity contribution in [1.29, 1.82) is 0 Å². The summed E-state index contributed by atoms with van der Waals surface area (Å²) in [4.78, 5) is 0. The number of fused-ring (bicyclic) bond motifs is 2. The van der Waals surface area contributed by atoms with E-state index >= 15 is 0 Å². The van der Waals surface area contributed by atoms with Gasteiger partial charge in [0.2, 0.25) is 0 Å². The van der Waals surface area contributed by atoms with Gasteiger partial charge in [-0.3, -0.25) is 0 Å². The highest BCUT2D eigenvalue weighted by atomic mass is 16.6. The Bertz CT molecular complexity index is 1620. The standard InChI is InChI=1S/C36H40B2N2O4/c1-35(2)23-41-37(42-24-35)27-11-9-17-39(19-27)21-33-29-13-5-7-15-31(29)34(32-16-8-6-14-30(32)33)22-40-18-10-12-28(20-40)38-43-25-36(3,4)26-44-38/h5-20H,21-26H2,1-4H3/q+2. The van der Waals surface area contributed by atoms with Gasteiger partial charge in [0.25, 0.3) is 0 Å². The highest BCUT2D eigenvalue weighted by molar-refractivity contribution is 6.61. The predicted octanol–water partition coefficient (Wildman–Crippen LogP) is 4.20. The second-order valence-electron chi connectivity index (χ2n) is 13.9. The summed E-state index contributed by atoms with van der Waals surface area (Å²) in [6.45, 7) is 12.9. The van der Waals surface area contributed by atoms with Gasteiger partial charge in [0, 0.05) is 71.4 Å². The second-order valence-corrected chi connectivity index (χ2v) is 13.9. The van der Waals surface area contributed by atoms with E-state index in [2.05, 4.69) is 134 Å². The molecule has 4 heterocycles. The lowest BCUT2D eigenvalue weighted by Gasteiger charge is -2.32. The summed E-state index contributed by atoms with van der Waals surface area (Å²) < 4.78 is 28.9. The molecule has 0 spiro atoms. The van der Waals surface area contributed by atoms with Gasteiger partial charge in [0.1, 0.15) is 0 Å². The molecule has 2 saturated heterocycles. The molecule has 3 aromatic carbocycles. The fraction of sp³-hybridized carbons (Fsp3) is 0.333. The zero-order valence-corrected chi connectivity index (χ0v) is 26.2. The summed E-state index contributed by atoms with van der Waals surface area (Å²) in [6.07, 6.45) is 8.59. The summed E-state index contributed by atoms with van der Waals surface area (Å²) >= 11 is 0. The van der Waals surface area contributed by atoms with Gasteiger partial charge < -0.3 is 18.6 Å². The van der Waals surface area contributed by atoms with E-state index in [-0.39, 0.29) is 25.1 Å². The van der Waals surface area contributed by atoms with Crippen LogP contribution in [0.2, 0.25) is 0 Å². The number of rotatable bonds is 6. The van der Waals surface area contributed by atoms with Crippen LogP contribution in [-0.2, 0) is 31.7 Å². The topological polar surface area (TPSA) is 44.7 Å². The van der Waals surface area contributed by atoms with Crippen LogP contribution in [0.15, 0.2) is 97.6 Å². The summed E-state index contributed by atoms with van der Waals surface area (Å²) in [5, 5.41) is 5.07. The molecule has 2 aliphatic rings. The number of hydrogen-bond donors (Lipinski definition) is 0. The van der Waals surface area contributed by atoms with Crippen molar-refractivity contribution >= 4 is 46.7 Å². The first-order valence-corrected chi connectivity index (χ1v) is 15.6. The molecule has 0 saturated carbocycles. The van der Waals surface area contributed by atoms with Gasteiger partial charge in [0.15, 0.2) is 37.9 Å². The van der Waals surface area contributed by atoms with Gasteiger partial charge in [0.05, 0.1) is 0 Å². The maximum atomic E-state index is 6.10. The first-order valence-electron chi connectivity index (χ1n) is 15.6. The van der Waals surface area contributed by atoms with E-state index in [4.69, 9.17) is 18.6 Å². The maximum Gasteiger partial charge on any atom is 0.500 e. The monoisotopic (exact) mass is 586 g/mol. The molecule has 222 valence electrons. The Hall–Kier alpha value is -3.55. The molecule has 0 N–H and O–H groups in total. The second kappa shape index (κ2) is 11.8. The molecule has 2 aromatic heterocycles. The van der Waals surface area contributed by atoms with Crippen LogP contribution in [0.1, 0.15) is 38.8 Å². The van der Waals surface area contributed by atoms with Gasteiger partial charge in [-0.1, -0.05) is 88.4 Å². The fourth-order valence-corrected chi connectivity index (χ4v) is 6.34. The molecule has 0 unspecified atom stereocenters. The van der Waals surface area contributed by atoms with Crippen molar-refractivity contribution < 1.29 is 27.8 Å². The third kappa shape index (κ3) is 6.04. The number of aromatic nitrogens is 2. The van der Waals surface area contributed by atoms with Gasteiger partial charge in [-0.25, -0.2) is 9.13 Å². The molecule has 0 aliphatic carbocycles. The molecular weight excluding hydrogens is 546 g/mol. The van der Waals surface area contributed by atoms with Crippen LogP contribution in [-0.4, -0.2) is 40.7 Å². The molecule has 2 aliphatic heterocycles. The normalized spacial score (nSPS) is 18.2. The lowest BCUT2D eigenvalue weighted by molar-refractivity contribution is -0.687. The van der Waals surface area contributed by atoms with E-state index in [1.165, 1.54) is 32.7 Å². The van der Waals surface area contributed by atoms with Crippen molar-refractivity contribution in [2.45, 2.75) is 40.8 Å². The zero-order valence-electron chi connectivity index (χ0n) is 26.2. The van der Waals surface area contributed by atoms with Crippen molar-refractivity contribution in [3.63, 3.8) is 0 Å². The molecule has 7 rings (SSSR count). The van der Waals surface area contributed by atoms with E-state index in [0.717, 1.165) is 24.0 Å². The van der Waals surface area contributed by atoms with Crippen molar-refractivity contribution in [3.8, 4) is 0 Å². The molecule has 8 heteroatoms. The van der Waals surface area contributed by atoms with Gasteiger partial charge in [-0.05, 0) is 21.5 Å². The summed E-state index contributed by atoms with van der Waals surface area (Å²) in [6, 6.07) is 26.0. The van der Waals surface area contributed by atoms with Crippen LogP contribution in [0.4, 0.5) is 0 Å². The minimum Gasteiger partial charge on any atom is -0.406 e. The van der Waals surface area contributed by atoms with Crippen LogP contribution in [0.3, 0.4) is 0 Å². The van der Waals surface area contributed by atoms with Crippen LogP contribution in [0.5, 0.6) is 0 Å². The predicted molar refractivity (Wildman–Crippen MR) is 175 cm³/mol. The fourth-order valence-electron chi connectivity index (χ4n) is 6.34. The summed E-state index contributed by atoms with van der Waals surface area (Å²) in [5.41, 5.74) is 4.76. The zero-order chi connectivity index (χ0) is 30.3. The maximum absolute atomic E-state index is 6.10. The molecule has 6 nitrogen and oxygen atoms in total. The van der Waals surface area contributed by atoms with E-state index in [1.54, 1.807) is 0 Å². The molecule has 5 aromatic rings. The lowest BCUT2D eigenvalue weighted by Crippen LogP contribution is -2.50. The van der Waals surface area contributed by atoms with Gasteiger partial charge >= 0.3 is 14.2 Å². The van der Waals surface area contributed by atoms with Crippen LogP contribution in [0, 0.1) is 10.8 Å². The minimum atomic E-state index is -0.338. The van der Waals surface area contributed by atoms with Crippen LogP contribution >= 0.6 is 0 Å². The van der Waals surface area contributed by atoms with Crippen molar-refractivity contribution in [2.24, 2.45) is 10.8 Å². The minimum absolute atomic E-state index is 0.0368. The first-order chi connectivity index (χ1) is 21.2. The first kappa shape index (κ1) is 29.2. The van der Waals surface area contributed by atoms with E-state index in [1.807, 2.05) is 0 Å². The Balaban J connectivity index is 1.23. The van der Waals surface area contributed by atoms with E-state index in [0.29, 0.717) is 26.4 Å². The lowest BCUT2D eigenvalue weighted by atomic mass is 9.77. The highest BCUT2D eigenvalue weighted by Crippen LogP contribution is 2.33. The Morgan fingerprint density at radius 2 is 0.864 bits per heavy atom.